The lowest BCUT2D eigenvalue weighted by molar-refractivity contribution is -0.146. The summed E-state index contributed by atoms with van der Waals surface area (Å²) in [5.74, 6) is 0.00630. The summed E-state index contributed by atoms with van der Waals surface area (Å²) < 4.78 is 4.99. The third-order valence-corrected chi connectivity index (χ3v) is 5.18. The number of rotatable bonds is 4. The molecule has 23 heavy (non-hydrogen) atoms. The number of amides is 1. The lowest BCUT2D eigenvalue weighted by Gasteiger charge is -2.48. The molecule has 2 aliphatic rings. The van der Waals surface area contributed by atoms with E-state index in [2.05, 4.69) is 4.90 Å². The number of likely N-dealkylation sites (tertiary alicyclic amines) is 2. The van der Waals surface area contributed by atoms with E-state index in [4.69, 9.17) is 4.74 Å². The Morgan fingerprint density at radius 2 is 1.96 bits per heavy atom. The minimum Gasteiger partial charge on any atom is -0.383 e. The van der Waals surface area contributed by atoms with Crippen LogP contribution >= 0.6 is 0 Å². The molecule has 2 fully saturated rings. The molecule has 126 valence electrons. The second-order valence-electron chi connectivity index (χ2n) is 6.57. The monoisotopic (exact) mass is 318 g/mol. The van der Waals surface area contributed by atoms with Crippen molar-refractivity contribution in [3.8, 4) is 0 Å². The van der Waals surface area contributed by atoms with Crippen LogP contribution in [0.2, 0.25) is 0 Å². The third-order valence-electron chi connectivity index (χ3n) is 5.18. The smallest absolute Gasteiger partial charge is 0.248 e. The molecule has 5 heteroatoms. The molecule has 1 N–H and O–H groups in total. The second kappa shape index (κ2) is 6.99. The first-order valence-corrected chi connectivity index (χ1v) is 8.44. The molecule has 0 bridgehead atoms. The summed E-state index contributed by atoms with van der Waals surface area (Å²) in [6.45, 7) is 3.22. The molecule has 2 saturated heterocycles. The predicted octanol–water partition coefficient (Wildman–Crippen LogP) is 1.22. The van der Waals surface area contributed by atoms with Gasteiger partial charge in [-0.05, 0) is 37.9 Å². The highest BCUT2D eigenvalue weighted by atomic mass is 16.5. The summed E-state index contributed by atoms with van der Waals surface area (Å²) in [5, 5.41) is 11.5. The maximum Gasteiger partial charge on any atom is 0.248 e. The Kier molecular flexibility index (Phi) is 4.99. The molecule has 2 heterocycles. The minimum absolute atomic E-state index is 0.00630. The minimum atomic E-state index is -0.893. The lowest BCUT2D eigenvalue weighted by Crippen LogP contribution is -2.61. The normalized spacial score (nSPS) is 29.0. The number of hydrogen-bond donors (Lipinski definition) is 1. The Hall–Kier alpha value is -1.43. The number of methoxy groups -OCH3 is 1. The van der Waals surface area contributed by atoms with Crippen LogP contribution in [-0.2, 0) is 15.1 Å². The van der Waals surface area contributed by atoms with Gasteiger partial charge in [-0.15, -0.1) is 0 Å². The Morgan fingerprint density at radius 3 is 2.61 bits per heavy atom. The molecule has 2 unspecified atom stereocenters. The maximum atomic E-state index is 12.2. The van der Waals surface area contributed by atoms with Gasteiger partial charge in [-0.3, -0.25) is 9.69 Å². The van der Waals surface area contributed by atoms with Gasteiger partial charge in [0.2, 0.25) is 5.91 Å². The van der Waals surface area contributed by atoms with Gasteiger partial charge in [0.25, 0.3) is 0 Å². The SMILES string of the molecule is COCC(=O)N1CCC(O)(c2ccccc2)C(N2CCCC2)C1. The number of ether oxygens (including phenoxy) is 1. The average Bonchev–Trinajstić information content (AvgIpc) is 3.10. The van der Waals surface area contributed by atoms with Crippen molar-refractivity contribution in [1.29, 1.82) is 0 Å². The van der Waals surface area contributed by atoms with Gasteiger partial charge in [0.05, 0.1) is 6.04 Å². The van der Waals surface area contributed by atoms with Crippen molar-refractivity contribution in [2.45, 2.75) is 30.9 Å². The molecule has 1 aromatic carbocycles. The molecule has 0 aliphatic carbocycles. The van der Waals surface area contributed by atoms with Gasteiger partial charge in [-0.2, -0.15) is 0 Å². The average molecular weight is 318 g/mol. The van der Waals surface area contributed by atoms with E-state index in [1.54, 1.807) is 7.11 Å². The number of carbonyl (C=O) groups excluding carboxylic acids is 1. The number of piperidine rings is 1. The van der Waals surface area contributed by atoms with Crippen LogP contribution in [-0.4, -0.2) is 66.8 Å². The first-order chi connectivity index (χ1) is 11.1. The maximum absolute atomic E-state index is 12.2. The van der Waals surface area contributed by atoms with Crippen molar-refractivity contribution in [2.24, 2.45) is 0 Å². The molecule has 0 spiro atoms. The summed E-state index contributed by atoms with van der Waals surface area (Å²) >= 11 is 0. The van der Waals surface area contributed by atoms with Crippen molar-refractivity contribution >= 4 is 5.91 Å². The van der Waals surface area contributed by atoms with Gasteiger partial charge in [0, 0.05) is 20.2 Å². The number of benzene rings is 1. The zero-order chi connectivity index (χ0) is 16.3. The van der Waals surface area contributed by atoms with Gasteiger partial charge < -0.3 is 14.7 Å². The molecule has 5 nitrogen and oxygen atoms in total. The van der Waals surface area contributed by atoms with Crippen LogP contribution in [0.5, 0.6) is 0 Å². The fourth-order valence-electron chi connectivity index (χ4n) is 3.90. The molecule has 0 radical (unpaired) electrons. The van der Waals surface area contributed by atoms with E-state index in [-0.39, 0.29) is 18.6 Å². The zero-order valence-electron chi connectivity index (χ0n) is 13.8. The van der Waals surface area contributed by atoms with Crippen molar-refractivity contribution in [1.82, 2.24) is 9.80 Å². The van der Waals surface area contributed by atoms with Crippen molar-refractivity contribution in [3.05, 3.63) is 35.9 Å². The molecule has 0 saturated carbocycles. The van der Waals surface area contributed by atoms with Gasteiger partial charge in [0.15, 0.2) is 0 Å². The van der Waals surface area contributed by atoms with E-state index in [0.717, 1.165) is 31.5 Å². The van der Waals surface area contributed by atoms with Crippen molar-refractivity contribution < 1.29 is 14.6 Å². The molecular formula is C18H26N2O3. The zero-order valence-corrected chi connectivity index (χ0v) is 13.8. The second-order valence-corrected chi connectivity index (χ2v) is 6.57. The largest absolute Gasteiger partial charge is 0.383 e. The van der Waals surface area contributed by atoms with E-state index in [1.165, 1.54) is 0 Å². The number of carbonyl (C=O) groups is 1. The standard InChI is InChI=1S/C18H26N2O3/c1-23-14-17(21)20-12-9-18(22,15-7-3-2-4-8-15)16(13-20)19-10-5-6-11-19/h2-4,7-8,16,22H,5-6,9-14H2,1H3. The number of aliphatic hydroxyl groups is 1. The summed E-state index contributed by atoms with van der Waals surface area (Å²) in [7, 11) is 1.54. The summed E-state index contributed by atoms with van der Waals surface area (Å²) in [4.78, 5) is 16.4. The van der Waals surface area contributed by atoms with Crippen LogP contribution < -0.4 is 0 Å². The first-order valence-electron chi connectivity index (χ1n) is 8.44. The summed E-state index contributed by atoms with van der Waals surface area (Å²) in [5.41, 5.74) is 0.0610. The molecule has 1 amide bonds. The Balaban J connectivity index is 1.86. The van der Waals surface area contributed by atoms with Crippen LogP contribution in [0.15, 0.2) is 30.3 Å². The van der Waals surface area contributed by atoms with Crippen LogP contribution in [0.3, 0.4) is 0 Å². The van der Waals surface area contributed by atoms with E-state index < -0.39 is 5.60 Å². The molecular weight excluding hydrogens is 292 g/mol. The van der Waals surface area contributed by atoms with Gasteiger partial charge in [-0.25, -0.2) is 0 Å². The molecule has 1 aromatic rings. The Labute approximate surface area is 137 Å². The van der Waals surface area contributed by atoms with E-state index in [9.17, 15) is 9.90 Å². The Bertz CT molecular complexity index is 530. The summed E-state index contributed by atoms with van der Waals surface area (Å²) in [6, 6.07) is 9.84. The van der Waals surface area contributed by atoms with E-state index in [1.807, 2.05) is 35.2 Å². The van der Waals surface area contributed by atoms with Crippen LogP contribution in [0, 0.1) is 0 Å². The summed E-state index contributed by atoms with van der Waals surface area (Å²) in [6.07, 6.45) is 2.88. The van der Waals surface area contributed by atoms with Crippen molar-refractivity contribution in [2.75, 3.05) is 39.9 Å². The highest BCUT2D eigenvalue weighted by molar-refractivity contribution is 5.77. The first kappa shape index (κ1) is 16.4. The molecule has 2 aliphatic heterocycles. The number of nitrogens with zero attached hydrogens (tertiary/aromatic N) is 2. The fourth-order valence-corrected chi connectivity index (χ4v) is 3.90. The van der Waals surface area contributed by atoms with Gasteiger partial charge in [0.1, 0.15) is 12.2 Å². The molecule has 2 atom stereocenters. The van der Waals surface area contributed by atoms with Crippen LogP contribution in [0.1, 0.15) is 24.8 Å². The topological polar surface area (TPSA) is 53.0 Å². The molecule has 0 aromatic heterocycles. The fraction of sp³-hybridized carbons (Fsp3) is 0.611. The van der Waals surface area contributed by atoms with E-state index in [0.29, 0.717) is 19.5 Å². The van der Waals surface area contributed by atoms with Crippen LogP contribution in [0.4, 0.5) is 0 Å². The van der Waals surface area contributed by atoms with Gasteiger partial charge in [-0.1, -0.05) is 30.3 Å². The van der Waals surface area contributed by atoms with Crippen LogP contribution in [0.25, 0.3) is 0 Å². The third kappa shape index (κ3) is 3.27. The highest BCUT2D eigenvalue weighted by Gasteiger charge is 2.47. The molecule has 3 rings (SSSR count). The van der Waals surface area contributed by atoms with E-state index >= 15 is 0 Å². The predicted molar refractivity (Wildman–Crippen MR) is 88.0 cm³/mol. The lowest BCUT2D eigenvalue weighted by atomic mass is 9.79. The number of hydrogen-bond acceptors (Lipinski definition) is 4. The Morgan fingerprint density at radius 1 is 1.26 bits per heavy atom. The quantitative estimate of drug-likeness (QED) is 0.907. The van der Waals surface area contributed by atoms with Crippen molar-refractivity contribution in [3.63, 3.8) is 0 Å². The highest BCUT2D eigenvalue weighted by Crippen LogP contribution is 2.37. The van der Waals surface area contributed by atoms with Gasteiger partial charge >= 0.3 is 0 Å².